The zero-order chi connectivity index (χ0) is 22.3. The number of rotatable bonds is 16. The van der Waals surface area contributed by atoms with Crippen LogP contribution < -0.4 is 0 Å². The molecule has 2 aromatic rings. The molecule has 0 heterocycles. The van der Waals surface area contributed by atoms with Gasteiger partial charge in [-0.25, -0.2) is 0 Å². The molecule has 0 fully saturated rings. The number of aryl methyl sites for hydroxylation is 2. The Bertz CT molecular complexity index is 700. The molecule has 0 aliphatic heterocycles. The molecule has 2 nitrogen and oxygen atoms in total. The summed E-state index contributed by atoms with van der Waals surface area (Å²) < 4.78 is 0. The van der Waals surface area contributed by atoms with Crippen LogP contribution in [0.1, 0.15) is 102 Å². The molecule has 0 amide bonds. The minimum atomic E-state index is 0. The summed E-state index contributed by atoms with van der Waals surface area (Å²) in [6.07, 6.45) is 17.6. The summed E-state index contributed by atoms with van der Waals surface area (Å²) in [5.74, 6) is 0.628. The standard InChI is InChI=1S/C28H42O2S.Ni/c1-3-5-7-9-11-13-15-23-17-19-25(29)27(21-23)31-28-22-24(18-20-26(28)30)16-14-12-10-8-6-4-2;/h17-22,29-30H,3-16H2,1-2H3;/p+1. The molecule has 0 bridgehead atoms. The van der Waals surface area contributed by atoms with Gasteiger partial charge in [0.15, 0.2) is 21.3 Å². The van der Waals surface area contributed by atoms with E-state index in [-0.39, 0.29) is 16.5 Å². The van der Waals surface area contributed by atoms with Gasteiger partial charge in [-0.2, -0.15) is 0 Å². The largest absolute Gasteiger partial charge is 0.503 e. The normalized spacial score (nSPS) is 10.8. The first-order chi connectivity index (χ1) is 15.1. The third-order valence-electron chi connectivity index (χ3n) is 5.96. The van der Waals surface area contributed by atoms with Gasteiger partial charge in [0.2, 0.25) is 0 Å². The smallest absolute Gasteiger partial charge is 0.200 e. The Hall–Kier alpha value is -1.12. The maximum absolute atomic E-state index is 10.4. The number of phenolic OH excluding ortho intramolecular Hbond substituents is 2. The fourth-order valence-corrected chi connectivity index (χ4v) is 5.08. The fourth-order valence-electron chi connectivity index (χ4n) is 3.98. The van der Waals surface area contributed by atoms with E-state index in [0.717, 1.165) is 34.4 Å². The molecule has 32 heavy (non-hydrogen) atoms. The van der Waals surface area contributed by atoms with Crippen LogP contribution in [-0.4, -0.2) is 10.2 Å². The third kappa shape index (κ3) is 11.1. The van der Waals surface area contributed by atoms with Crippen LogP contribution >= 0.6 is 0 Å². The molecular formula is C28H43NiO2S+. The minimum Gasteiger partial charge on any atom is -0.503 e. The molecule has 2 rings (SSSR count). The van der Waals surface area contributed by atoms with Crippen molar-refractivity contribution in [3.8, 4) is 11.5 Å². The fraction of sp³-hybridized carbons (Fsp3) is 0.571. The first kappa shape index (κ1) is 28.9. The first-order valence-corrected chi connectivity index (χ1v) is 13.4. The second kappa shape index (κ2) is 17.4. The molecule has 0 unspecified atom stereocenters. The Kier molecular flexibility index (Phi) is 15.7. The maximum Gasteiger partial charge on any atom is 0.200 e. The van der Waals surface area contributed by atoms with E-state index in [1.54, 1.807) is 0 Å². The van der Waals surface area contributed by atoms with E-state index >= 15 is 0 Å². The molecule has 0 spiro atoms. The van der Waals surface area contributed by atoms with Crippen molar-refractivity contribution in [2.24, 2.45) is 0 Å². The number of aromatic hydroxyl groups is 2. The minimum absolute atomic E-state index is 0. The Morgan fingerprint density at radius 3 is 1.34 bits per heavy atom. The summed E-state index contributed by atoms with van der Waals surface area (Å²) in [7, 11) is 0. The number of thiol groups is 1. The van der Waals surface area contributed by atoms with Crippen LogP contribution in [-0.2, 0) is 41.1 Å². The van der Waals surface area contributed by atoms with Crippen LogP contribution in [0.15, 0.2) is 46.2 Å². The number of benzene rings is 2. The summed E-state index contributed by atoms with van der Waals surface area (Å²) in [6.45, 7) is 4.50. The van der Waals surface area contributed by atoms with Crippen LogP contribution in [0.25, 0.3) is 0 Å². The molecule has 2 N–H and O–H groups in total. The average molecular weight is 502 g/mol. The Balaban J connectivity index is 0.00000512. The van der Waals surface area contributed by atoms with Crippen LogP contribution in [0.4, 0.5) is 0 Å². The molecule has 0 radical (unpaired) electrons. The van der Waals surface area contributed by atoms with Gasteiger partial charge in [0.05, 0.1) is 11.8 Å². The monoisotopic (exact) mass is 501 g/mol. The molecule has 2 aromatic carbocycles. The van der Waals surface area contributed by atoms with E-state index in [1.165, 1.54) is 88.2 Å². The van der Waals surface area contributed by atoms with Crippen molar-refractivity contribution in [3.63, 3.8) is 0 Å². The topological polar surface area (TPSA) is 40.5 Å². The molecule has 182 valence electrons. The Labute approximate surface area is 210 Å². The summed E-state index contributed by atoms with van der Waals surface area (Å²) in [5, 5.41) is 20.8. The van der Waals surface area contributed by atoms with Gasteiger partial charge in [-0.3, -0.25) is 0 Å². The quantitative estimate of drug-likeness (QED) is 0.105. The van der Waals surface area contributed by atoms with Crippen LogP contribution in [0.3, 0.4) is 0 Å². The van der Waals surface area contributed by atoms with Crippen LogP contribution in [0.2, 0.25) is 0 Å². The molecule has 0 atom stereocenters. The molecular weight excluding hydrogens is 459 g/mol. The summed E-state index contributed by atoms with van der Waals surface area (Å²) >= 11 is 0.874. The van der Waals surface area contributed by atoms with E-state index in [2.05, 4.69) is 26.0 Å². The maximum atomic E-state index is 10.4. The van der Waals surface area contributed by atoms with Gasteiger partial charge >= 0.3 is 0 Å². The Morgan fingerprint density at radius 2 is 0.938 bits per heavy atom. The summed E-state index contributed by atoms with van der Waals surface area (Å²) in [4.78, 5) is 1.77. The van der Waals surface area contributed by atoms with Crippen molar-refractivity contribution in [1.82, 2.24) is 0 Å². The van der Waals surface area contributed by atoms with Crippen molar-refractivity contribution in [2.45, 2.75) is 114 Å². The zero-order valence-electron chi connectivity index (χ0n) is 20.0. The number of unbranched alkanes of at least 4 members (excludes halogenated alkanes) is 10. The van der Waals surface area contributed by atoms with Gasteiger partial charge < -0.3 is 10.2 Å². The third-order valence-corrected chi connectivity index (χ3v) is 7.16. The van der Waals surface area contributed by atoms with Crippen molar-refractivity contribution in [1.29, 1.82) is 0 Å². The predicted molar refractivity (Wildman–Crippen MR) is 136 cm³/mol. The van der Waals surface area contributed by atoms with Crippen molar-refractivity contribution in [3.05, 3.63) is 47.5 Å². The van der Waals surface area contributed by atoms with Crippen molar-refractivity contribution in [2.75, 3.05) is 0 Å². The van der Waals surface area contributed by atoms with E-state index in [0.29, 0.717) is 11.5 Å². The van der Waals surface area contributed by atoms with Gasteiger partial charge in [0.1, 0.15) is 0 Å². The SMILES string of the molecule is CCCCCCCCc1ccc(O)c([SH+]c2cc(CCCCCCCC)ccc2O)c1.[Ni]. The molecule has 0 aliphatic carbocycles. The predicted octanol–water partition coefficient (Wildman–Crippen LogP) is 8.13. The second-order valence-corrected chi connectivity index (χ2v) is 9.98. The second-order valence-electron chi connectivity index (χ2n) is 8.79. The molecule has 0 aliphatic rings. The van der Waals surface area contributed by atoms with Gasteiger partial charge in [-0.05, 0) is 48.9 Å². The molecule has 0 saturated heterocycles. The van der Waals surface area contributed by atoms with Crippen molar-refractivity contribution < 1.29 is 26.7 Å². The van der Waals surface area contributed by atoms with E-state index in [1.807, 2.05) is 24.3 Å². The summed E-state index contributed by atoms with van der Waals surface area (Å²) in [6, 6.07) is 11.9. The van der Waals surface area contributed by atoms with Gasteiger partial charge in [-0.15, -0.1) is 0 Å². The molecule has 4 heteroatoms. The van der Waals surface area contributed by atoms with E-state index in [4.69, 9.17) is 0 Å². The van der Waals surface area contributed by atoms with Gasteiger partial charge in [0.25, 0.3) is 0 Å². The van der Waals surface area contributed by atoms with E-state index in [9.17, 15) is 10.2 Å². The van der Waals surface area contributed by atoms with Crippen molar-refractivity contribution >= 4 is 11.8 Å². The van der Waals surface area contributed by atoms with Crippen LogP contribution in [0.5, 0.6) is 11.5 Å². The average Bonchev–Trinajstić information content (AvgIpc) is 2.77. The summed E-state index contributed by atoms with van der Waals surface area (Å²) in [5.41, 5.74) is 2.55. The van der Waals surface area contributed by atoms with Gasteiger partial charge in [-0.1, -0.05) is 90.2 Å². The number of hydrogen-bond acceptors (Lipinski definition) is 2. The van der Waals surface area contributed by atoms with Crippen LogP contribution in [0, 0.1) is 0 Å². The first-order valence-electron chi connectivity index (χ1n) is 12.5. The molecule has 0 aromatic heterocycles. The zero-order valence-corrected chi connectivity index (χ0v) is 21.9. The number of hydrogen-bond donors (Lipinski definition) is 2. The van der Waals surface area contributed by atoms with E-state index < -0.39 is 0 Å². The number of phenols is 2. The Morgan fingerprint density at radius 1 is 0.562 bits per heavy atom. The molecule has 0 saturated carbocycles. The van der Waals surface area contributed by atoms with Gasteiger partial charge in [0, 0.05) is 28.6 Å².